The van der Waals surface area contributed by atoms with Crippen LogP contribution in [0.25, 0.3) is 0 Å². The van der Waals surface area contributed by atoms with Crippen molar-refractivity contribution >= 4 is 28.1 Å². The third kappa shape index (κ3) is 4.00. The second-order valence-corrected chi connectivity index (χ2v) is 8.86. The minimum absolute atomic E-state index is 0.0999. The Morgan fingerprint density at radius 3 is 2.87 bits per heavy atom. The summed E-state index contributed by atoms with van der Waals surface area (Å²) >= 11 is 1.50. The van der Waals surface area contributed by atoms with Crippen LogP contribution in [0.5, 0.6) is 0 Å². The number of nitrogens with zero attached hydrogens (tertiary/aromatic N) is 3. The van der Waals surface area contributed by atoms with Crippen LogP contribution in [0.2, 0.25) is 0 Å². The first kappa shape index (κ1) is 19.3. The summed E-state index contributed by atoms with van der Waals surface area (Å²) in [6.07, 6.45) is 5.24. The highest BCUT2D eigenvalue weighted by atomic mass is 32.1. The number of amides is 1. The van der Waals surface area contributed by atoms with Gasteiger partial charge in [0.15, 0.2) is 5.13 Å². The fraction of sp³-hybridized carbons (Fsp3) is 0.391. The number of benzene rings is 1. The smallest absolute Gasteiger partial charge is 0.274 e. The molecule has 0 unspecified atom stereocenters. The molecule has 0 radical (unpaired) electrons. The summed E-state index contributed by atoms with van der Waals surface area (Å²) in [7, 11) is 0. The van der Waals surface area contributed by atoms with E-state index >= 15 is 0 Å². The Morgan fingerprint density at radius 1 is 1.20 bits per heavy atom. The Kier molecular flexibility index (Phi) is 5.55. The van der Waals surface area contributed by atoms with Gasteiger partial charge in [0.1, 0.15) is 5.69 Å². The van der Waals surface area contributed by atoms with Crippen LogP contribution >= 0.6 is 11.3 Å². The number of aryl methyl sites for hydroxylation is 1. The van der Waals surface area contributed by atoms with Crippen molar-refractivity contribution < 1.29 is 9.53 Å². The van der Waals surface area contributed by atoms with Crippen LogP contribution in [0.4, 0.5) is 10.8 Å². The van der Waals surface area contributed by atoms with Gasteiger partial charge in [-0.3, -0.25) is 10.1 Å². The predicted octanol–water partition coefficient (Wildman–Crippen LogP) is 4.57. The Bertz CT molecular complexity index is 996. The lowest BCUT2D eigenvalue weighted by atomic mass is 10.0. The molecule has 6 nitrogen and oxygen atoms in total. The van der Waals surface area contributed by atoms with Gasteiger partial charge < -0.3 is 14.2 Å². The molecule has 4 heterocycles. The first-order chi connectivity index (χ1) is 14.8. The number of ether oxygens (including phenoxy) is 1. The topological polar surface area (TPSA) is 59.4 Å². The molecule has 1 atom stereocenters. The molecule has 7 heteroatoms. The van der Waals surface area contributed by atoms with Gasteiger partial charge in [-0.1, -0.05) is 18.2 Å². The molecule has 156 valence electrons. The van der Waals surface area contributed by atoms with E-state index in [2.05, 4.69) is 39.9 Å². The molecule has 2 aromatic heterocycles. The molecule has 1 amide bonds. The van der Waals surface area contributed by atoms with Gasteiger partial charge in [-0.15, -0.1) is 11.3 Å². The van der Waals surface area contributed by atoms with Crippen molar-refractivity contribution in [3.05, 3.63) is 65.4 Å². The molecule has 30 heavy (non-hydrogen) atoms. The average Bonchev–Trinajstić information content (AvgIpc) is 3.47. The van der Waals surface area contributed by atoms with E-state index in [0.717, 1.165) is 51.3 Å². The molecule has 1 aromatic carbocycles. The van der Waals surface area contributed by atoms with E-state index in [1.165, 1.54) is 17.0 Å². The van der Waals surface area contributed by atoms with Crippen molar-refractivity contribution in [3.8, 4) is 0 Å². The van der Waals surface area contributed by atoms with Crippen LogP contribution in [0, 0.1) is 5.92 Å². The fourth-order valence-electron chi connectivity index (χ4n) is 4.25. The van der Waals surface area contributed by atoms with Gasteiger partial charge in [-0.25, -0.2) is 4.98 Å². The number of carbonyl (C=O) groups is 1. The number of rotatable bonds is 7. The van der Waals surface area contributed by atoms with Crippen molar-refractivity contribution in [3.63, 3.8) is 0 Å². The number of aromatic nitrogens is 2. The van der Waals surface area contributed by atoms with Crippen LogP contribution in [0.3, 0.4) is 0 Å². The normalized spacial score (nSPS) is 19.1. The zero-order valence-electron chi connectivity index (χ0n) is 16.9. The second kappa shape index (κ2) is 8.62. The minimum Gasteiger partial charge on any atom is -0.381 e. The van der Waals surface area contributed by atoms with Crippen molar-refractivity contribution in [1.29, 1.82) is 0 Å². The monoisotopic (exact) mass is 422 g/mol. The quantitative estimate of drug-likeness (QED) is 0.606. The van der Waals surface area contributed by atoms with Crippen molar-refractivity contribution in [2.45, 2.75) is 31.8 Å². The van der Waals surface area contributed by atoms with Gasteiger partial charge in [0.25, 0.3) is 5.91 Å². The van der Waals surface area contributed by atoms with Crippen LogP contribution in [-0.4, -0.2) is 35.2 Å². The maximum absolute atomic E-state index is 12.8. The van der Waals surface area contributed by atoms with Crippen LogP contribution < -0.4 is 10.2 Å². The first-order valence-electron chi connectivity index (χ1n) is 10.6. The first-order valence-corrected chi connectivity index (χ1v) is 11.5. The van der Waals surface area contributed by atoms with E-state index in [1.54, 1.807) is 0 Å². The highest BCUT2D eigenvalue weighted by Crippen LogP contribution is 2.37. The fourth-order valence-corrected chi connectivity index (χ4v) is 5.00. The van der Waals surface area contributed by atoms with E-state index in [-0.39, 0.29) is 11.9 Å². The molecule has 0 spiro atoms. The van der Waals surface area contributed by atoms with Gasteiger partial charge in [0.2, 0.25) is 0 Å². The van der Waals surface area contributed by atoms with Crippen LogP contribution in [0.1, 0.15) is 41.5 Å². The molecule has 2 fully saturated rings. The van der Waals surface area contributed by atoms with Gasteiger partial charge >= 0.3 is 0 Å². The molecule has 2 aliphatic rings. The van der Waals surface area contributed by atoms with E-state index in [9.17, 15) is 4.79 Å². The Morgan fingerprint density at radius 2 is 2.07 bits per heavy atom. The Labute approximate surface area is 180 Å². The molecule has 1 N–H and O–H groups in total. The van der Waals surface area contributed by atoms with Crippen molar-refractivity contribution in [2.24, 2.45) is 5.92 Å². The molecule has 2 aliphatic heterocycles. The van der Waals surface area contributed by atoms with Crippen molar-refractivity contribution in [2.75, 3.05) is 30.0 Å². The van der Waals surface area contributed by atoms with Gasteiger partial charge in [0, 0.05) is 36.3 Å². The highest BCUT2D eigenvalue weighted by molar-refractivity contribution is 7.14. The van der Waals surface area contributed by atoms with E-state index in [4.69, 9.17) is 9.72 Å². The highest BCUT2D eigenvalue weighted by Gasteiger charge is 2.28. The number of para-hydroxylation sites is 1. The lowest BCUT2D eigenvalue weighted by Gasteiger charge is -2.26. The predicted molar refractivity (Wildman–Crippen MR) is 119 cm³/mol. The number of thiazole rings is 1. The number of hydrogen-bond acceptors (Lipinski definition) is 5. The summed E-state index contributed by atoms with van der Waals surface area (Å²) in [4.78, 5) is 20.0. The van der Waals surface area contributed by atoms with E-state index in [1.807, 2.05) is 29.0 Å². The molecule has 0 saturated carbocycles. The van der Waals surface area contributed by atoms with Crippen LogP contribution in [0.15, 0.2) is 54.0 Å². The Hall–Kier alpha value is -2.64. The Balaban J connectivity index is 1.25. The summed E-state index contributed by atoms with van der Waals surface area (Å²) in [6.45, 7) is 3.55. The standard InChI is InChI=1S/C23H26N4O2S/c28-22(21-9-4-11-26(21)13-10-17-14-29-15-17)25-23-24-19(16-30-23)20-8-5-12-27(20)18-6-2-1-3-7-18/h1-4,6-7,9,11,16-17,20H,5,8,10,12-15H2,(H,24,25,28)/t20-/m1/s1. The molecule has 5 rings (SSSR count). The molecular weight excluding hydrogens is 396 g/mol. The summed E-state index contributed by atoms with van der Waals surface area (Å²) in [5, 5.41) is 5.75. The lowest BCUT2D eigenvalue weighted by Crippen LogP contribution is -2.29. The number of anilines is 2. The number of carbonyl (C=O) groups excluding carboxylic acids is 1. The molecule has 0 bridgehead atoms. The van der Waals surface area contributed by atoms with Gasteiger partial charge in [-0.05, 0) is 43.5 Å². The van der Waals surface area contributed by atoms with E-state index < -0.39 is 0 Å². The molecule has 2 saturated heterocycles. The summed E-state index contributed by atoms with van der Waals surface area (Å²) in [6, 6.07) is 14.6. The van der Waals surface area contributed by atoms with Crippen LogP contribution in [-0.2, 0) is 11.3 Å². The van der Waals surface area contributed by atoms with Crippen molar-refractivity contribution in [1.82, 2.24) is 9.55 Å². The summed E-state index contributed by atoms with van der Waals surface area (Å²) in [5.41, 5.74) is 2.95. The van der Waals surface area contributed by atoms with E-state index in [0.29, 0.717) is 16.7 Å². The average molecular weight is 423 g/mol. The molecule has 3 aromatic rings. The zero-order chi connectivity index (χ0) is 20.3. The second-order valence-electron chi connectivity index (χ2n) is 8.00. The SMILES string of the molecule is O=C(Nc1nc([C@H]2CCCN2c2ccccc2)cs1)c1cccn1CCC1COC1. The minimum atomic E-state index is -0.0999. The molecular formula is C23H26N4O2S. The third-order valence-corrected chi connectivity index (χ3v) is 6.75. The van der Waals surface area contributed by atoms with Gasteiger partial charge in [-0.2, -0.15) is 0 Å². The summed E-state index contributed by atoms with van der Waals surface area (Å²) < 4.78 is 7.27. The largest absolute Gasteiger partial charge is 0.381 e. The third-order valence-electron chi connectivity index (χ3n) is 5.97. The molecule has 0 aliphatic carbocycles. The number of nitrogens with one attached hydrogen (secondary N) is 1. The zero-order valence-corrected chi connectivity index (χ0v) is 17.7. The van der Waals surface area contributed by atoms with Gasteiger partial charge in [0.05, 0.1) is 24.9 Å². The maximum atomic E-state index is 12.8. The number of hydrogen-bond donors (Lipinski definition) is 1. The lowest BCUT2D eigenvalue weighted by molar-refractivity contribution is -0.0371. The maximum Gasteiger partial charge on any atom is 0.274 e. The summed E-state index contributed by atoms with van der Waals surface area (Å²) in [5.74, 6) is 0.515.